The summed E-state index contributed by atoms with van der Waals surface area (Å²) >= 11 is 11.1. The number of methoxy groups -OCH3 is 2. The van der Waals surface area contributed by atoms with Gasteiger partial charge in [-0.15, -0.1) is 0 Å². The topological polar surface area (TPSA) is 67.9 Å². The number of carbonyl (C=O) groups excluding carboxylic acids is 2. The molecule has 1 saturated heterocycles. The molecule has 2 amide bonds. The largest absolute Gasteiger partial charge is 0.497 e. The van der Waals surface area contributed by atoms with Crippen LogP contribution in [0.3, 0.4) is 0 Å². The van der Waals surface area contributed by atoms with Crippen LogP contribution in [0.2, 0.25) is 5.02 Å². The molecule has 8 heteroatoms. The predicted octanol–water partition coefficient (Wildman–Crippen LogP) is 3.19. The summed E-state index contributed by atoms with van der Waals surface area (Å²) in [6.45, 7) is 0. The number of hydrogen-bond donors (Lipinski definition) is 1. The van der Waals surface area contributed by atoms with Gasteiger partial charge in [0.15, 0.2) is 5.11 Å². The number of halogens is 1. The van der Waals surface area contributed by atoms with E-state index >= 15 is 0 Å². The Balaban J connectivity index is 2.03. The van der Waals surface area contributed by atoms with Gasteiger partial charge in [-0.05, 0) is 54.7 Å². The molecule has 0 atom stereocenters. The number of amides is 2. The van der Waals surface area contributed by atoms with Crippen LogP contribution in [0, 0.1) is 0 Å². The number of benzene rings is 2. The molecule has 27 heavy (non-hydrogen) atoms. The maximum absolute atomic E-state index is 13.0. The van der Waals surface area contributed by atoms with Crippen molar-refractivity contribution in [1.82, 2.24) is 5.32 Å². The minimum absolute atomic E-state index is 0.00571. The Morgan fingerprint density at radius 2 is 1.78 bits per heavy atom. The van der Waals surface area contributed by atoms with E-state index in [-0.39, 0.29) is 10.7 Å². The van der Waals surface area contributed by atoms with Gasteiger partial charge in [0.2, 0.25) is 0 Å². The van der Waals surface area contributed by atoms with Gasteiger partial charge in [0, 0.05) is 16.7 Å². The van der Waals surface area contributed by atoms with E-state index in [4.69, 9.17) is 33.3 Å². The van der Waals surface area contributed by atoms with Gasteiger partial charge in [0.1, 0.15) is 17.1 Å². The predicted molar refractivity (Wildman–Crippen MR) is 107 cm³/mol. The first-order valence-electron chi connectivity index (χ1n) is 7.83. The molecule has 1 fully saturated rings. The Hall–Kier alpha value is -2.90. The molecule has 0 unspecified atom stereocenters. The molecule has 1 N–H and O–H groups in total. The summed E-state index contributed by atoms with van der Waals surface area (Å²) in [6, 6.07) is 11.6. The third-order valence-corrected chi connectivity index (χ3v) is 4.46. The number of ether oxygens (including phenoxy) is 2. The number of carbonyl (C=O) groups is 2. The smallest absolute Gasteiger partial charge is 0.270 e. The van der Waals surface area contributed by atoms with E-state index in [1.807, 2.05) is 0 Å². The molecule has 1 heterocycles. The average molecular weight is 403 g/mol. The molecule has 0 bridgehead atoms. The highest BCUT2D eigenvalue weighted by Crippen LogP contribution is 2.29. The van der Waals surface area contributed by atoms with Gasteiger partial charge >= 0.3 is 0 Å². The zero-order chi connectivity index (χ0) is 19.6. The number of thiocarbonyl (C=S) groups is 1. The van der Waals surface area contributed by atoms with Gasteiger partial charge in [0.05, 0.1) is 19.9 Å². The van der Waals surface area contributed by atoms with E-state index in [1.165, 1.54) is 25.2 Å². The monoisotopic (exact) mass is 402 g/mol. The fourth-order valence-electron chi connectivity index (χ4n) is 2.58. The second-order valence-electron chi connectivity index (χ2n) is 5.54. The molecular weight excluding hydrogens is 388 g/mol. The van der Waals surface area contributed by atoms with Crippen molar-refractivity contribution < 1.29 is 19.1 Å². The number of anilines is 1. The van der Waals surface area contributed by atoms with Crippen LogP contribution in [0.1, 0.15) is 5.56 Å². The van der Waals surface area contributed by atoms with Crippen LogP contribution in [-0.2, 0) is 9.59 Å². The molecule has 6 nitrogen and oxygen atoms in total. The molecule has 0 aliphatic carbocycles. The Morgan fingerprint density at radius 3 is 2.41 bits per heavy atom. The lowest BCUT2D eigenvalue weighted by atomic mass is 10.1. The molecular formula is C19H15ClN2O4S. The van der Waals surface area contributed by atoms with E-state index in [0.717, 1.165) is 0 Å². The lowest BCUT2D eigenvalue weighted by molar-refractivity contribution is -0.122. The van der Waals surface area contributed by atoms with Gasteiger partial charge < -0.3 is 9.47 Å². The Morgan fingerprint density at radius 1 is 1.07 bits per heavy atom. The van der Waals surface area contributed by atoms with Gasteiger partial charge in [-0.25, -0.2) is 0 Å². The van der Waals surface area contributed by atoms with Crippen LogP contribution < -0.4 is 19.7 Å². The van der Waals surface area contributed by atoms with Crippen molar-refractivity contribution in [2.75, 3.05) is 19.1 Å². The quantitative estimate of drug-likeness (QED) is 0.483. The van der Waals surface area contributed by atoms with Gasteiger partial charge in [-0.3, -0.25) is 19.8 Å². The van der Waals surface area contributed by atoms with Gasteiger partial charge in [-0.1, -0.05) is 11.6 Å². The van der Waals surface area contributed by atoms with Crippen LogP contribution in [0.5, 0.6) is 11.5 Å². The van der Waals surface area contributed by atoms with Crippen molar-refractivity contribution >= 4 is 52.5 Å². The molecule has 138 valence electrons. The SMILES string of the molecule is COc1ccc(/C=C2\C(=O)NC(=S)N(c3ccc(Cl)cc3)C2=O)c(OC)c1. The third kappa shape index (κ3) is 3.79. The van der Waals surface area contributed by atoms with Crippen molar-refractivity contribution in [3.8, 4) is 11.5 Å². The summed E-state index contributed by atoms with van der Waals surface area (Å²) < 4.78 is 10.5. The second kappa shape index (κ2) is 7.77. The number of nitrogens with zero attached hydrogens (tertiary/aromatic N) is 1. The van der Waals surface area contributed by atoms with Crippen molar-refractivity contribution in [3.05, 3.63) is 58.6 Å². The lowest BCUT2D eigenvalue weighted by Crippen LogP contribution is -2.54. The molecule has 0 saturated carbocycles. The highest BCUT2D eigenvalue weighted by atomic mass is 35.5. The average Bonchev–Trinajstić information content (AvgIpc) is 2.66. The first-order chi connectivity index (χ1) is 12.9. The maximum atomic E-state index is 13.0. The van der Waals surface area contributed by atoms with E-state index in [1.54, 1.807) is 42.5 Å². The molecule has 0 spiro atoms. The fraction of sp³-hybridized carbons (Fsp3) is 0.105. The first kappa shape index (κ1) is 18.9. The number of rotatable bonds is 4. The summed E-state index contributed by atoms with van der Waals surface area (Å²) in [5, 5.41) is 3.06. The minimum atomic E-state index is -0.576. The summed E-state index contributed by atoms with van der Waals surface area (Å²) in [6.07, 6.45) is 1.46. The zero-order valence-corrected chi connectivity index (χ0v) is 16.1. The van der Waals surface area contributed by atoms with Crippen LogP contribution in [0.25, 0.3) is 6.08 Å². The first-order valence-corrected chi connectivity index (χ1v) is 8.62. The Bertz CT molecular complexity index is 957. The molecule has 3 rings (SSSR count). The van der Waals surface area contributed by atoms with Crippen LogP contribution >= 0.6 is 23.8 Å². The molecule has 0 radical (unpaired) electrons. The fourth-order valence-corrected chi connectivity index (χ4v) is 2.98. The molecule has 2 aromatic carbocycles. The van der Waals surface area contributed by atoms with Crippen molar-refractivity contribution in [2.24, 2.45) is 0 Å². The van der Waals surface area contributed by atoms with Gasteiger partial charge in [-0.2, -0.15) is 0 Å². The highest BCUT2D eigenvalue weighted by Gasteiger charge is 2.34. The normalized spacial score (nSPS) is 15.7. The van der Waals surface area contributed by atoms with E-state index in [0.29, 0.717) is 27.8 Å². The van der Waals surface area contributed by atoms with E-state index < -0.39 is 11.8 Å². The van der Waals surface area contributed by atoms with Gasteiger partial charge in [0.25, 0.3) is 11.8 Å². The third-order valence-electron chi connectivity index (χ3n) is 3.93. The summed E-state index contributed by atoms with van der Waals surface area (Å²) in [7, 11) is 3.03. The number of hydrogen-bond acceptors (Lipinski definition) is 5. The highest BCUT2D eigenvalue weighted by molar-refractivity contribution is 7.80. The zero-order valence-electron chi connectivity index (χ0n) is 14.5. The molecule has 1 aliphatic heterocycles. The van der Waals surface area contributed by atoms with Crippen LogP contribution in [-0.4, -0.2) is 31.1 Å². The second-order valence-corrected chi connectivity index (χ2v) is 6.37. The lowest BCUT2D eigenvalue weighted by Gasteiger charge is -2.29. The van der Waals surface area contributed by atoms with Crippen LogP contribution in [0.15, 0.2) is 48.0 Å². The summed E-state index contributed by atoms with van der Waals surface area (Å²) in [5.74, 6) is -0.0527. The molecule has 2 aromatic rings. The number of nitrogens with one attached hydrogen (secondary N) is 1. The Kier molecular flexibility index (Phi) is 5.43. The van der Waals surface area contributed by atoms with E-state index in [9.17, 15) is 9.59 Å². The molecule has 0 aromatic heterocycles. The van der Waals surface area contributed by atoms with Crippen molar-refractivity contribution in [1.29, 1.82) is 0 Å². The molecule has 1 aliphatic rings. The summed E-state index contributed by atoms with van der Waals surface area (Å²) in [4.78, 5) is 26.6. The standard InChI is InChI=1S/C19H15ClN2O4S/c1-25-14-8-3-11(16(10-14)26-2)9-15-17(23)21-19(27)22(18(15)24)13-6-4-12(20)5-7-13/h3-10H,1-2H3,(H,21,23,27)/b15-9+. The van der Waals surface area contributed by atoms with Crippen LogP contribution in [0.4, 0.5) is 5.69 Å². The summed E-state index contributed by atoms with van der Waals surface area (Å²) in [5.41, 5.74) is 0.990. The van der Waals surface area contributed by atoms with E-state index in [2.05, 4.69) is 5.32 Å². The Labute approximate surface area is 166 Å². The maximum Gasteiger partial charge on any atom is 0.270 e. The van der Waals surface area contributed by atoms with Crippen molar-refractivity contribution in [3.63, 3.8) is 0 Å². The minimum Gasteiger partial charge on any atom is -0.497 e. The van der Waals surface area contributed by atoms with Crippen molar-refractivity contribution in [2.45, 2.75) is 0 Å².